The molecule has 1 heterocycles. The summed E-state index contributed by atoms with van der Waals surface area (Å²) in [5.41, 5.74) is 0.762. The Morgan fingerprint density at radius 2 is 1.75 bits per heavy atom. The topological polar surface area (TPSA) is 104 Å². The lowest BCUT2D eigenvalue weighted by molar-refractivity contribution is -0.114. The lowest BCUT2D eigenvalue weighted by Gasteiger charge is -2.06. The van der Waals surface area contributed by atoms with Crippen molar-refractivity contribution < 1.29 is 9.59 Å². The number of hydrogen-bond donors (Lipinski definition) is 3. The summed E-state index contributed by atoms with van der Waals surface area (Å²) in [6.45, 7) is 1.37. The van der Waals surface area contributed by atoms with Gasteiger partial charge >= 0.3 is 0 Å². The highest BCUT2D eigenvalue weighted by molar-refractivity contribution is 6.04. The molecular weight excluding hydrogens is 308 g/mol. The third kappa shape index (κ3) is 3.14. The number of fused-ring (bicyclic) bond motifs is 1. The van der Waals surface area contributed by atoms with Crippen LogP contribution in [0.5, 0.6) is 0 Å². The Bertz CT molecular complexity index is 980. The molecule has 120 valence electrons. The highest BCUT2D eigenvalue weighted by atomic mass is 16.2. The van der Waals surface area contributed by atoms with E-state index >= 15 is 0 Å². The molecule has 0 saturated carbocycles. The molecule has 2 aromatic carbocycles. The Morgan fingerprint density at radius 1 is 1.00 bits per heavy atom. The van der Waals surface area contributed by atoms with Crippen molar-refractivity contribution >= 4 is 34.1 Å². The summed E-state index contributed by atoms with van der Waals surface area (Å²) in [4.78, 5) is 36.0. The minimum atomic E-state index is -0.603. The maximum atomic E-state index is 12.5. The van der Waals surface area contributed by atoms with E-state index in [9.17, 15) is 14.4 Å². The smallest absolute Gasteiger partial charge is 0.280 e. The molecule has 7 heteroatoms. The van der Waals surface area contributed by atoms with E-state index in [1.807, 2.05) is 6.07 Å². The Balaban J connectivity index is 1.99. The van der Waals surface area contributed by atoms with E-state index in [1.165, 1.54) is 13.0 Å². The lowest BCUT2D eigenvalue weighted by atomic mass is 10.1. The molecule has 0 aliphatic carbocycles. The van der Waals surface area contributed by atoms with Gasteiger partial charge in [-0.15, -0.1) is 0 Å². The van der Waals surface area contributed by atoms with Crippen molar-refractivity contribution in [3.63, 3.8) is 0 Å². The fraction of sp³-hybridized carbons (Fsp3) is 0.0588. The molecule has 3 aromatic rings. The molecule has 0 aliphatic heterocycles. The number of aromatic amines is 1. The van der Waals surface area contributed by atoms with Crippen molar-refractivity contribution in [1.82, 2.24) is 10.2 Å². The van der Waals surface area contributed by atoms with Crippen LogP contribution in [0.25, 0.3) is 10.9 Å². The number of nitrogens with zero attached hydrogens (tertiary/aromatic N) is 1. The van der Waals surface area contributed by atoms with E-state index < -0.39 is 11.3 Å². The van der Waals surface area contributed by atoms with Crippen LogP contribution in [0.1, 0.15) is 17.4 Å². The van der Waals surface area contributed by atoms with Gasteiger partial charge in [-0.05, 0) is 30.3 Å². The second-order valence-corrected chi connectivity index (χ2v) is 5.16. The minimum absolute atomic E-state index is 0.244. The van der Waals surface area contributed by atoms with Crippen molar-refractivity contribution in [3.05, 3.63) is 64.4 Å². The molecule has 0 bridgehead atoms. The first-order valence-electron chi connectivity index (χ1n) is 7.21. The van der Waals surface area contributed by atoms with Crippen LogP contribution in [-0.2, 0) is 4.79 Å². The molecule has 0 atom stereocenters. The average Bonchev–Trinajstić information content (AvgIpc) is 2.56. The normalized spacial score (nSPS) is 10.4. The first-order valence-corrected chi connectivity index (χ1v) is 7.21. The number of nitrogens with one attached hydrogen (secondary N) is 3. The molecule has 24 heavy (non-hydrogen) atoms. The number of anilines is 2. The Kier molecular flexibility index (Phi) is 4.07. The van der Waals surface area contributed by atoms with E-state index in [2.05, 4.69) is 20.8 Å². The maximum Gasteiger partial charge on any atom is 0.280 e. The van der Waals surface area contributed by atoms with Crippen molar-refractivity contribution in [2.75, 3.05) is 10.6 Å². The fourth-order valence-corrected chi connectivity index (χ4v) is 2.27. The number of rotatable bonds is 3. The van der Waals surface area contributed by atoms with Crippen LogP contribution in [0.3, 0.4) is 0 Å². The predicted octanol–water partition coefficient (Wildman–Crippen LogP) is 2.13. The van der Waals surface area contributed by atoms with Gasteiger partial charge in [-0.3, -0.25) is 19.5 Å². The van der Waals surface area contributed by atoms with E-state index in [4.69, 9.17) is 0 Å². The number of hydrogen-bond acceptors (Lipinski definition) is 4. The fourth-order valence-electron chi connectivity index (χ4n) is 2.27. The molecule has 0 aliphatic rings. The van der Waals surface area contributed by atoms with Gasteiger partial charge in [0.05, 0.1) is 10.9 Å². The number of para-hydroxylation sites is 1. The molecule has 1 aromatic heterocycles. The van der Waals surface area contributed by atoms with Crippen molar-refractivity contribution in [3.8, 4) is 0 Å². The van der Waals surface area contributed by atoms with Gasteiger partial charge in [0.2, 0.25) is 11.3 Å². The van der Waals surface area contributed by atoms with Crippen LogP contribution in [0.4, 0.5) is 11.4 Å². The Hall–Kier alpha value is -3.48. The van der Waals surface area contributed by atoms with Crippen LogP contribution in [0, 0.1) is 0 Å². The van der Waals surface area contributed by atoms with E-state index in [0.717, 1.165) is 0 Å². The minimum Gasteiger partial charge on any atom is -0.326 e. The average molecular weight is 322 g/mol. The van der Waals surface area contributed by atoms with E-state index in [0.29, 0.717) is 16.9 Å². The lowest BCUT2D eigenvalue weighted by Crippen LogP contribution is -2.24. The Labute approximate surface area is 136 Å². The number of carbonyl (C=O) groups excluding carboxylic acids is 2. The van der Waals surface area contributed by atoms with E-state index in [-0.39, 0.29) is 17.0 Å². The molecule has 7 nitrogen and oxygen atoms in total. The molecular formula is C17H14N4O3. The number of carbonyl (C=O) groups is 2. The first-order chi connectivity index (χ1) is 11.5. The first kappa shape index (κ1) is 15.4. The summed E-state index contributed by atoms with van der Waals surface area (Å²) >= 11 is 0. The zero-order valence-corrected chi connectivity index (χ0v) is 12.8. The second-order valence-electron chi connectivity index (χ2n) is 5.16. The molecule has 0 unspecified atom stereocenters. The van der Waals surface area contributed by atoms with Crippen molar-refractivity contribution in [2.24, 2.45) is 0 Å². The zero-order chi connectivity index (χ0) is 17.1. The molecule has 2 amide bonds. The molecule has 0 radical (unpaired) electrons. The SMILES string of the molecule is CC(=O)Nc1ccc2[nH]nc(C(=O)Nc3ccccc3)c(=O)c2c1. The summed E-state index contributed by atoms with van der Waals surface area (Å²) in [6.07, 6.45) is 0. The second kappa shape index (κ2) is 6.33. The third-order valence-electron chi connectivity index (χ3n) is 3.33. The largest absolute Gasteiger partial charge is 0.326 e. The zero-order valence-electron chi connectivity index (χ0n) is 12.8. The van der Waals surface area contributed by atoms with Gasteiger partial charge in [-0.25, -0.2) is 0 Å². The number of benzene rings is 2. The van der Waals surface area contributed by atoms with Gasteiger partial charge in [-0.1, -0.05) is 18.2 Å². The Morgan fingerprint density at radius 3 is 2.46 bits per heavy atom. The van der Waals surface area contributed by atoms with Gasteiger partial charge in [0.25, 0.3) is 5.91 Å². The summed E-state index contributed by atoms with van der Waals surface area (Å²) in [7, 11) is 0. The monoisotopic (exact) mass is 322 g/mol. The highest BCUT2D eigenvalue weighted by Gasteiger charge is 2.15. The van der Waals surface area contributed by atoms with Gasteiger partial charge in [0.1, 0.15) is 0 Å². The molecule has 0 spiro atoms. The summed E-state index contributed by atoms with van der Waals surface area (Å²) < 4.78 is 0. The van der Waals surface area contributed by atoms with Crippen LogP contribution in [0.15, 0.2) is 53.3 Å². The number of H-pyrrole nitrogens is 1. The summed E-state index contributed by atoms with van der Waals surface area (Å²) in [5.74, 6) is -0.851. The number of aromatic nitrogens is 2. The van der Waals surface area contributed by atoms with Gasteiger partial charge in [0, 0.05) is 18.3 Å². The van der Waals surface area contributed by atoms with Crippen molar-refractivity contribution in [1.29, 1.82) is 0 Å². The van der Waals surface area contributed by atoms with Crippen LogP contribution < -0.4 is 16.1 Å². The standard InChI is InChI=1S/C17H14N4O3/c1-10(22)18-12-7-8-14-13(9-12)16(23)15(21-20-14)17(24)19-11-5-3-2-4-6-11/h2-9H,1H3,(H,18,22)(H,19,24)(H,20,23). The summed E-state index contributed by atoms with van der Waals surface area (Å²) in [6, 6.07) is 13.6. The van der Waals surface area contributed by atoms with Crippen LogP contribution >= 0.6 is 0 Å². The molecule has 0 saturated heterocycles. The predicted molar refractivity (Wildman–Crippen MR) is 91.1 cm³/mol. The van der Waals surface area contributed by atoms with Crippen LogP contribution in [0.2, 0.25) is 0 Å². The summed E-state index contributed by atoms with van der Waals surface area (Å²) in [5, 5.41) is 12.0. The molecule has 3 rings (SSSR count). The van der Waals surface area contributed by atoms with Gasteiger partial charge < -0.3 is 10.6 Å². The van der Waals surface area contributed by atoms with Gasteiger partial charge in [0.15, 0.2) is 5.69 Å². The molecule has 3 N–H and O–H groups in total. The van der Waals surface area contributed by atoms with Gasteiger partial charge in [-0.2, -0.15) is 5.10 Å². The van der Waals surface area contributed by atoms with Crippen LogP contribution in [-0.4, -0.2) is 22.0 Å². The van der Waals surface area contributed by atoms with Crippen molar-refractivity contribution in [2.45, 2.75) is 6.92 Å². The number of amides is 2. The third-order valence-corrected chi connectivity index (χ3v) is 3.33. The maximum absolute atomic E-state index is 12.5. The molecule has 0 fully saturated rings. The van der Waals surface area contributed by atoms with E-state index in [1.54, 1.807) is 36.4 Å². The highest BCUT2D eigenvalue weighted by Crippen LogP contribution is 2.15. The quantitative estimate of drug-likeness (QED) is 0.687.